The van der Waals surface area contributed by atoms with Crippen LogP contribution in [0.25, 0.3) is 0 Å². The monoisotopic (exact) mass is 267 g/mol. The number of β-amino-alcohol motifs (C(OH)–C–C–N with tert-alkyl or cyclic N) is 1. The number of nitrogens with zero attached hydrogens (tertiary/aromatic N) is 3. The minimum absolute atomic E-state index is 0.111. The van der Waals surface area contributed by atoms with Crippen LogP contribution in [-0.4, -0.2) is 39.9 Å². The number of aromatic nitrogens is 1. The van der Waals surface area contributed by atoms with Crippen molar-refractivity contribution in [3.63, 3.8) is 0 Å². The fraction of sp³-hybridized carbons (Fsp3) is 0.364. The third-order valence-corrected chi connectivity index (χ3v) is 3.20. The van der Waals surface area contributed by atoms with Gasteiger partial charge in [0.1, 0.15) is 23.0 Å². The first-order valence-electron chi connectivity index (χ1n) is 5.26. The number of hydrogen-bond donors (Lipinski definition) is 2. The maximum absolute atomic E-state index is 11.1. The van der Waals surface area contributed by atoms with Gasteiger partial charge in [-0.05, 0) is 6.07 Å². The van der Waals surface area contributed by atoms with Crippen LogP contribution in [0.4, 0.5) is 5.82 Å². The zero-order valence-electron chi connectivity index (χ0n) is 9.25. The van der Waals surface area contributed by atoms with Gasteiger partial charge >= 0.3 is 5.97 Å². The fourth-order valence-electron chi connectivity index (χ4n) is 2.00. The van der Waals surface area contributed by atoms with Crippen LogP contribution in [0.2, 0.25) is 5.02 Å². The van der Waals surface area contributed by atoms with E-state index in [9.17, 15) is 9.90 Å². The summed E-state index contributed by atoms with van der Waals surface area (Å²) in [4.78, 5) is 16.5. The second-order valence-corrected chi connectivity index (χ2v) is 4.38. The number of carbonyl (C=O) groups is 1. The van der Waals surface area contributed by atoms with Crippen LogP contribution >= 0.6 is 11.6 Å². The summed E-state index contributed by atoms with van der Waals surface area (Å²) in [6, 6.07) is 2.48. The lowest BCUT2D eigenvalue weighted by atomic mass is 10.2. The second kappa shape index (κ2) is 4.80. The van der Waals surface area contributed by atoms with Crippen molar-refractivity contribution < 1.29 is 15.0 Å². The molecule has 1 fully saturated rings. The maximum atomic E-state index is 11.1. The first-order chi connectivity index (χ1) is 8.54. The minimum Gasteiger partial charge on any atom is -0.480 e. The van der Waals surface area contributed by atoms with Gasteiger partial charge in [-0.1, -0.05) is 11.6 Å². The predicted octanol–water partition coefficient (Wildman–Crippen LogP) is 0.631. The van der Waals surface area contributed by atoms with Crippen LogP contribution in [0.5, 0.6) is 0 Å². The highest BCUT2D eigenvalue weighted by molar-refractivity contribution is 6.34. The average molecular weight is 268 g/mol. The molecule has 18 heavy (non-hydrogen) atoms. The molecule has 0 bridgehead atoms. The highest BCUT2D eigenvalue weighted by Gasteiger charge is 2.37. The van der Waals surface area contributed by atoms with Crippen molar-refractivity contribution in [2.24, 2.45) is 0 Å². The zero-order chi connectivity index (χ0) is 13.3. The molecule has 0 radical (unpaired) electrons. The smallest absolute Gasteiger partial charge is 0.326 e. The standard InChI is InChI=1S/C11H10ClN3O3/c12-9-6(4-13)1-2-14-10(9)15-5-7(16)3-8(15)11(17)18/h1-2,7-8,16H,3,5H2,(H,17,18). The summed E-state index contributed by atoms with van der Waals surface area (Å²) in [5.41, 5.74) is 0.229. The van der Waals surface area contributed by atoms with Gasteiger partial charge in [-0.3, -0.25) is 0 Å². The second-order valence-electron chi connectivity index (χ2n) is 4.00. The Hall–Kier alpha value is -1.84. The fourth-order valence-corrected chi connectivity index (χ4v) is 2.26. The number of carboxylic acids is 1. The van der Waals surface area contributed by atoms with E-state index in [-0.39, 0.29) is 29.4 Å². The first-order valence-corrected chi connectivity index (χ1v) is 5.64. The minimum atomic E-state index is -1.05. The van der Waals surface area contributed by atoms with E-state index in [4.69, 9.17) is 22.0 Å². The number of carboxylic acid groups (broad SMARTS) is 1. The van der Waals surface area contributed by atoms with Crippen molar-refractivity contribution in [1.82, 2.24) is 4.98 Å². The molecule has 2 unspecified atom stereocenters. The van der Waals surface area contributed by atoms with Gasteiger partial charge in [0.2, 0.25) is 0 Å². The Kier molecular flexibility index (Phi) is 3.36. The Morgan fingerprint density at radius 1 is 1.67 bits per heavy atom. The molecular weight excluding hydrogens is 258 g/mol. The number of anilines is 1. The maximum Gasteiger partial charge on any atom is 0.326 e. The molecule has 6 nitrogen and oxygen atoms in total. The molecule has 7 heteroatoms. The molecule has 0 aliphatic carbocycles. The molecule has 1 saturated heterocycles. The number of halogens is 1. The highest BCUT2D eigenvalue weighted by atomic mass is 35.5. The Balaban J connectivity index is 2.42. The summed E-state index contributed by atoms with van der Waals surface area (Å²) in [5.74, 6) is -0.827. The lowest BCUT2D eigenvalue weighted by Crippen LogP contribution is -2.36. The molecule has 94 valence electrons. The van der Waals surface area contributed by atoms with Gasteiger partial charge in [-0.25, -0.2) is 9.78 Å². The number of hydrogen-bond acceptors (Lipinski definition) is 5. The van der Waals surface area contributed by atoms with E-state index in [1.165, 1.54) is 17.2 Å². The lowest BCUT2D eigenvalue weighted by Gasteiger charge is -2.23. The van der Waals surface area contributed by atoms with Gasteiger partial charge in [0.05, 0.1) is 11.7 Å². The highest BCUT2D eigenvalue weighted by Crippen LogP contribution is 2.32. The van der Waals surface area contributed by atoms with E-state index in [1.54, 1.807) is 0 Å². The molecular formula is C11H10ClN3O3. The number of aliphatic hydroxyl groups is 1. The van der Waals surface area contributed by atoms with Gasteiger partial charge in [0.15, 0.2) is 0 Å². The van der Waals surface area contributed by atoms with Crippen LogP contribution in [0.15, 0.2) is 12.3 Å². The number of aliphatic carboxylic acids is 1. The van der Waals surface area contributed by atoms with Crippen molar-refractivity contribution >= 4 is 23.4 Å². The van der Waals surface area contributed by atoms with Crippen molar-refractivity contribution in [2.45, 2.75) is 18.6 Å². The predicted molar refractivity (Wildman–Crippen MR) is 63.4 cm³/mol. The van der Waals surface area contributed by atoms with E-state index in [2.05, 4.69) is 4.98 Å². The lowest BCUT2D eigenvalue weighted by molar-refractivity contribution is -0.138. The number of pyridine rings is 1. The number of aliphatic hydroxyl groups excluding tert-OH is 1. The average Bonchev–Trinajstić information content (AvgIpc) is 2.71. The summed E-state index contributed by atoms with van der Waals surface area (Å²) < 4.78 is 0. The third kappa shape index (κ3) is 2.10. The topological polar surface area (TPSA) is 97.5 Å². The molecule has 1 aromatic heterocycles. The summed E-state index contributed by atoms with van der Waals surface area (Å²) in [5, 5.41) is 27.6. The van der Waals surface area contributed by atoms with Crippen LogP contribution in [0.3, 0.4) is 0 Å². The van der Waals surface area contributed by atoms with Crippen LogP contribution in [-0.2, 0) is 4.79 Å². The van der Waals surface area contributed by atoms with Gasteiger partial charge in [-0.15, -0.1) is 0 Å². The van der Waals surface area contributed by atoms with E-state index in [1.807, 2.05) is 6.07 Å². The van der Waals surface area contributed by atoms with Crippen molar-refractivity contribution in [3.05, 3.63) is 22.8 Å². The summed E-state index contributed by atoms with van der Waals surface area (Å²) >= 11 is 6.01. The van der Waals surface area contributed by atoms with Gasteiger partial charge in [0.25, 0.3) is 0 Å². The third-order valence-electron chi connectivity index (χ3n) is 2.83. The molecule has 2 heterocycles. The molecule has 2 atom stereocenters. The Morgan fingerprint density at radius 3 is 3.00 bits per heavy atom. The van der Waals surface area contributed by atoms with E-state index in [0.717, 1.165) is 0 Å². The van der Waals surface area contributed by atoms with Crippen molar-refractivity contribution in [1.29, 1.82) is 5.26 Å². The molecule has 1 aromatic rings. The van der Waals surface area contributed by atoms with Crippen molar-refractivity contribution in [2.75, 3.05) is 11.4 Å². The van der Waals surface area contributed by atoms with E-state index in [0.29, 0.717) is 0 Å². The quantitative estimate of drug-likeness (QED) is 0.816. The normalized spacial score (nSPS) is 22.8. The van der Waals surface area contributed by atoms with Crippen LogP contribution < -0.4 is 4.90 Å². The largest absolute Gasteiger partial charge is 0.480 e. The molecule has 0 amide bonds. The van der Waals surface area contributed by atoms with Gasteiger partial charge in [0, 0.05) is 19.2 Å². The molecule has 0 saturated carbocycles. The van der Waals surface area contributed by atoms with E-state index >= 15 is 0 Å². The zero-order valence-corrected chi connectivity index (χ0v) is 10.0. The summed E-state index contributed by atoms with van der Waals surface area (Å²) in [7, 11) is 0. The Labute approximate surface area is 108 Å². The SMILES string of the molecule is N#Cc1ccnc(N2CC(O)CC2C(=O)O)c1Cl. The molecule has 0 aromatic carbocycles. The molecule has 2 rings (SSSR count). The van der Waals surface area contributed by atoms with Gasteiger partial charge < -0.3 is 15.1 Å². The van der Waals surface area contributed by atoms with E-state index < -0.39 is 18.1 Å². The molecule has 1 aliphatic rings. The van der Waals surface area contributed by atoms with Crippen molar-refractivity contribution in [3.8, 4) is 6.07 Å². The molecule has 1 aliphatic heterocycles. The van der Waals surface area contributed by atoms with Gasteiger partial charge in [-0.2, -0.15) is 5.26 Å². The Bertz CT molecular complexity index is 529. The molecule has 2 N–H and O–H groups in total. The Morgan fingerprint density at radius 2 is 2.39 bits per heavy atom. The number of nitriles is 1. The number of rotatable bonds is 2. The molecule has 0 spiro atoms. The summed E-state index contributed by atoms with van der Waals surface area (Å²) in [6.45, 7) is 0.137. The first kappa shape index (κ1) is 12.6. The van der Waals surface area contributed by atoms with Crippen LogP contribution in [0, 0.1) is 11.3 Å². The van der Waals surface area contributed by atoms with Crippen LogP contribution in [0.1, 0.15) is 12.0 Å². The summed E-state index contributed by atoms with van der Waals surface area (Å²) in [6.07, 6.45) is 0.766.